The van der Waals surface area contributed by atoms with Crippen molar-refractivity contribution in [2.75, 3.05) is 11.9 Å². The van der Waals surface area contributed by atoms with Gasteiger partial charge in [-0.15, -0.1) is 0 Å². The number of anilines is 1. The summed E-state index contributed by atoms with van der Waals surface area (Å²) >= 11 is 0. The highest BCUT2D eigenvalue weighted by Gasteiger charge is 2.24. The zero-order valence-electron chi connectivity index (χ0n) is 20.1. The Morgan fingerprint density at radius 3 is 2.22 bits per heavy atom. The number of nitrogens with one attached hydrogen (secondary N) is 3. The Labute approximate surface area is 214 Å². The molecule has 0 unspecified atom stereocenters. The number of hydrogen-bond acceptors (Lipinski definition) is 4. The van der Waals surface area contributed by atoms with E-state index in [1.807, 2.05) is 30.3 Å². The van der Waals surface area contributed by atoms with E-state index in [1.165, 1.54) is 30.3 Å². The maximum atomic E-state index is 13.4. The number of sulfonamides is 1. The molecular weight excluding hydrogens is 493 g/mol. The minimum Gasteiger partial charge on any atom is -0.340 e. The molecule has 4 rings (SSSR count). The van der Waals surface area contributed by atoms with Gasteiger partial charge in [0.2, 0.25) is 15.9 Å². The quantitative estimate of drug-likeness (QED) is 0.307. The van der Waals surface area contributed by atoms with Crippen molar-refractivity contribution in [3.05, 3.63) is 108 Å². The molecule has 0 spiro atoms. The van der Waals surface area contributed by atoms with E-state index in [2.05, 4.69) is 15.4 Å². The summed E-state index contributed by atoms with van der Waals surface area (Å²) < 4.78 is 41.2. The minimum atomic E-state index is -3.74. The molecule has 7 nitrogen and oxygen atoms in total. The summed E-state index contributed by atoms with van der Waals surface area (Å²) in [6.07, 6.45) is 0.213. The van der Waals surface area contributed by atoms with Crippen LogP contribution in [0.1, 0.15) is 22.8 Å². The molecule has 0 saturated carbocycles. The number of benzene rings is 4. The van der Waals surface area contributed by atoms with E-state index in [9.17, 15) is 22.4 Å². The minimum absolute atomic E-state index is 0.105. The van der Waals surface area contributed by atoms with Crippen LogP contribution in [-0.2, 0) is 21.2 Å². The van der Waals surface area contributed by atoms with E-state index < -0.39 is 33.7 Å². The molecule has 0 bridgehead atoms. The largest absolute Gasteiger partial charge is 0.340 e. The Balaban J connectivity index is 1.65. The fourth-order valence-corrected chi connectivity index (χ4v) is 5.27. The summed E-state index contributed by atoms with van der Waals surface area (Å²) in [6, 6.07) is 23.2. The van der Waals surface area contributed by atoms with E-state index >= 15 is 0 Å². The topological polar surface area (TPSA) is 104 Å². The smallest absolute Gasteiger partial charge is 0.251 e. The van der Waals surface area contributed by atoms with E-state index in [1.54, 1.807) is 37.3 Å². The Morgan fingerprint density at radius 2 is 1.51 bits per heavy atom. The second-order valence-electron chi connectivity index (χ2n) is 8.37. The Hall–Kier alpha value is -4.08. The van der Waals surface area contributed by atoms with Crippen LogP contribution in [0.4, 0.5) is 10.1 Å². The van der Waals surface area contributed by atoms with Crippen LogP contribution in [0.5, 0.6) is 0 Å². The van der Waals surface area contributed by atoms with Crippen LogP contribution in [0.15, 0.2) is 95.9 Å². The molecular formula is C28H26FN3O4S. The highest BCUT2D eigenvalue weighted by molar-refractivity contribution is 7.89. The average molecular weight is 520 g/mol. The molecule has 0 radical (unpaired) electrons. The first-order chi connectivity index (χ1) is 17.8. The second kappa shape index (κ2) is 11.3. The fourth-order valence-electron chi connectivity index (χ4n) is 4.01. The van der Waals surface area contributed by atoms with Gasteiger partial charge in [0.1, 0.15) is 11.9 Å². The molecule has 190 valence electrons. The lowest BCUT2D eigenvalue weighted by Gasteiger charge is -2.20. The van der Waals surface area contributed by atoms with Gasteiger partial charge < -0.3 is 10.6 Å². The number of amides is 2. The lowest BCUT2D eigenvalue weighted by atomic mass is 10.0. The van der Waals surface area contributed by atoms with Crippen LogP contribution < -0.4 is 15.4 Å². The van der Waals surface area contributed by atoms with Crippen molar-refractivity contribution in [3.8, 4) is 0 Å². The van der Waals surface area contributed by atoms with Gasteiger partial charge in [-0.3, -0.25) is 9.59 Å². The third-order valence-corrected chi connectivity index (χ3v) is 7.38. The van der Waals surface area contributed by atoms with Crippen molar-refractivity contribution in [1.82, 2.24) is 10.0 Å². The third kappa shape index (κ3) is 6.19. The van der Waals surface area contributed by atoms with Crippen LogP contribution in [-0.4, -0.2) is 32.8 Å². The van der Waals surface area contributed by atoms with E-state index in [4.69, 9.17) is 0 Å². The summed E-state index contributed by atoms with van der Waals surface area (Å²) in [4.78, 5) is 26.4. The number of rotatable bonds is 9. The number of hydrogen-bond donors (Lipinski definition) is 3. The second-order valence-corrected chi connectivity index (χ2v) is 10.1. The number of fused-ring (bicyclic) bond motifs is 1. The van der Waals surface area contributed by atoms with Crippen LogP contribution in [0, 0.1) is 5.82 Å². The van der Waals surface area contributed by atoms with Crippen molar-refractivity contribution in [2.24, 2.45) is 0 Å². The summed E-state index contributed by atoms with van der Waals surface area (Å²) in [7, 11) is -3.74. The summed E-state index contributed by atoms with van der Waals surface area (Å²) in [5, 5.41) is 6.59. The summed E-state index contributed by atoms with van der Waals surface area (Å²) in [5.74, 6) is -1.47. The predicted molar refractivity (Wildman–Crippen MR) is 141 cm³/mol. The number of carbonyl (C=O) groups is 2. The standard InChI is InChI=1S/C28H26FN3O4S/c1-2-30-37(35,36)26-13-7-10-22-23(26)11-6-12-24(22)31-28(34)25(18-19-8-4-3-5-9-19)32-27(33)20-14-16-21(29)17-15-20/h3-17,25,30H,2,18H2,1H3,(H,31,34)(H,32,33)/t25-/m0/s1. The lowest BCUT2D eigenvalue weighted by Crippen LogP contribution is -2.45. The molecule has 4 aromatic carbocycles. The molecule has 37 heavy (non-hydrogen) atoms. The molecule has 3 N–H and O–H groups in total. The molecule has 2 amide bonds. The van der Waals surface area contributed by atoms with Gasteiger partial charge in [0, 0.05) is 35.0 Å². The van der Waals surface area contributed by atoms with Gasteiger partial charge >= 0.3 is 0 Å². The molecule has 0 aromatic heterocycles. The van der Waals surface area contributed by atoms with Crippen LogP contribution >= 0.6 is 0 Å². The number of carbonyl (C=O) groups excluding carboxylic acids is 2. The first kappa shape index (κ1) is 26.0. The highest BCUT2D eigenvalue weighted by Crippen LogP contribution is 2.29. The van der Waals surface area contributed by atoms with E-state index in [-0.39, 0.29) is 23.4 Å². The van der Waals surface area contributed by atoms with Gasteiger partial charge in [0.15, 0.2) is 0 Å². The van der Waals surface area contributed by atoms with Crippen LogP contribution in [0.3, 0.4) is 0 Å². The molecule has 4 aromatic rings. The van der Waals surface area contributed by atoms with Gasteiger partial charge in [-0.2, -0.15) is 0 Å². The first-order valence-electron chi connectivity index (χ1n) is 11.7. The average Bonchev–Trinajstić information content (AvgIpc) is 2.89. The van der Waals surface area contributed by atoms with E-state index in [0.717, 1.165) is 5.56 Å². The zero-order valence-corrected chi connectivity index (χ0v) is 20.9. The lowest BCUT2D eigenvalue weighted by molar-refractivity contribution is -0.118. The van der Waals surface area contributed by atoms with Crippen molar-refractivity contribution >= 4 is 38.3 Å². The van der Waals surface area contributed by atoms with Crippen molar-refractivity contribution < 1.29 is 22.4 Å². The monoisotopic (exact) mass is 519 g/mol. The van der Waals surface area contributed by atoms with Crippen LogP contribution in [0.2, 0.25) is 0 Å². The van der Waals surface area contributed by atoms with Gasteiger partial charge in [-0.1, -0.05) is 61.5 Å². The first-order valence-corrected chi connectivity index (χ1v) is 13.2. The van der Waals surface area contributed by atoms with Crippen LogP contribution in [0.25, 0.3) is 10.8 Å². The van der Waals surface area contributed by atoms with Crippen molar-refractivity contribution in [2.45, 2.75) is 24.3 Å². The maximum absolute atomic E-state index is 13.4. The third-order valence-electron chi connectivity index (χ3n) is 5.77. The molecule has 0 fully saturated rings. The summed E-state index contributed by atoms with van der Waals surface area (Å²) in [6.45, 7) is 1.94. The number of halogens is 1. The Bertz CT molecular complexity index is 1520. The fraction of sp³-hybridized carbons (Fsp3) is 0.143. The molecule has 0 aliphatic rings. The van der Waals surface area contributed by atoms with Crippen molar-refractivity contribution in [3.63, 3.8) is 0 Å². The predicted octanol–water partition coefficient (Wildman–Crippen LogP) is 4.26. The molecule has 0 heterocycles. The van der Waals surface area contributed by atoms with Gasteiger partial charge in [-0.05, 0) is 42.0 Å². The normalized spacial score (nSPS) is 12.2. The molecule has 0 saturated heterocycles. The van der Waals surface area contributed by atoms with Gasteiger partial charge in [0.25, 0.3) is 5.91 Å². The molecule has 0 aliphatic heterocycles. The van der Waals surface area contributed by atoms with E-state index in [0.29, 0.717) is 16.5 Å². The highest BCUT2D eigenvalue weighted by atomic mass is 32.2. The Kier molecular flexibility index (Phi) is 7.95. The zero-order chi connectivity index (χ0) is 26.4. The summed E-state index contributed by atoms with van der Waals surface area (Å²) in [5.41, 5.74) is 1.46. The maximum Gasteiger partial charge on any atom is 0.251 e. The molecule has 0 aliphatic carbocycles. The van der Waals surface area contributed by atoms with Gasteiger partial charge in [0.05, 0.1) is 4.90 Å². The Morgan fingerprint density at radius 1 is 0.838 bits per heavy atom. The molecule has 1 atom stereocenters. The van der Waals surface area contributed by atoms with Gasteiger partial charge in [-0.25, -0.2) is 17.5 Å². The molecule has 9 heteroatoms. The SMILES string of the molecule is CCNS(=O)(=O)c1cccc2c(NC(=O)[C@H](Cc3ccccc3)NC(=O)c3ccc(F)cc3)cccc12. The van der Waals surface area contributed by atoms with Crippen molar-refractivity contribution in [1.29, 1.82) is 0 Å².